The number of hydrogen-bond donors (Lipinski definition) is 2. The number of nitrogens with zero attached hydrogens (tertiary/aromatic N) is 1. The minimum atomic E-state index is -4.46. The zero-order valence-corrected chi connectivity index (χ0v) is 13.2. The Bertz CT molecular complexity index is 575. The molecule has 1 saturated carbocycles. The minimum absolute atomic E-state index is 0. The van der Waals surface area contributed by atoms with E-state index < -0.39 is 11.7 Å². The van der Waals surface area contributed by atoms with Crippen LogP contribution < -0.4 is 10.6 Å². The molecule has 0 spiro atoms. The van der Waals surface area contributed by atoms with Gasteiger partial charge in [0, 0.05) is 0 Å². The summed E-state index contributed by atoms with van der Waals surface area (Å²) < 4.78 is 39.1. The smallest absolute Gasteiger partial charge is 0.351 e. The third-order valence-corrected chi connectivity index (χ3v) is 4.22. The van der Waals surface area contributed by atoms with Gasteiger partial charge in [-0.3, -0.25) is 0 Å². The Balaban J connectivity index is 0.00000176. The Labute approximate surface area is 137 Å². The third kappa shape index (κ3) is 3.43. The van der Waals surface area contributed by atoms with Crippen molar-refractivity contribution in [2.24, 2.45) is 4.99 Å². The van der Waals surface area contributed by atoms with Crippen LogP contribution in [-0.2, 0) is 6.18 Å². The topological polar surface area (TPSA) is 36.4 Å². The second-order valence-corrected chi connectivity index (χ2v) is 5.77. The van der Waals surface area contributed by atoms with Crippen LogP contribution in [0.15, 0.2) is 23.2 Å². The molecule has 0 aromatic heterocycles. The fourth-order valence-electron chi connectivity index (χ4n) is 2.89. The van der Waals surface area contributed by atoms with Crippen LogP contribution in [0.5, 0.6) is 0 Å². The van der Waals surface area contributed by atoms with E-state index >= 15 is 0 Å². The molecular formula is C14H16Cl2F3N3. The molecule has 0 bridgehead atoms. The summed E-state index contributed by atoms with van der Waals surface area (Å²) in [5.41, 5.74) is -0.925. The van der Waals surface area contributed by atoms with Gasteiger partial charge in [0.25, 0.3) is 0 Å². The molecule has 2 N–H and O–H groups in total. The molecule has 1 fully saturated rings. The van der Waals surface area contributed by atoms with Crippen LogP contribution in [0, 0.1) is 0 Å². The number of alkyl halides is 3. The number of halogens is 5. The Morgan fingerprint density at radius 1 is 1.23 bits per heavy atom. The number of rotatable bonds is 1. The standard InChI is InChI=1S/C14H15ClF3N3.ClH/c15-9-5-3-4-8(14(16,17)18)12(9)21-13-19-10-6-1-2-7-11(10)20-13;/h3-5,10-11H,1-2,6-7H2,(H2,19,20,21);1H. The van der Waals surface area contributed by atoms with Crippen LogP contribution in [0.2, 0.25) is 5.02 Å². The Kier molecular flexibility index (Phi) is 5.12. The van der Waals surface area contributed by atoms with Crippen molar-refractivity contribution < 1.29 is 13.2 Å². The molecule has 0 amide bonds. The molecule has 8 heteroatoms. The summed E-state index contributed by atoms with van der Waals surface area (Å²) in [5.74, 6) is 0.380. The van der Waals surface area contributed by atoms with Crippen molar-refractivity contribution >= 4 is 35.7 Å². The van der Waals surface area contributed by atoms with E-state index in [1.165, 1.54) is 12.1 Å². The lowest BCUT2D eigenvalue weighted by molar-refractivity contribution is -0.136. The van der Waals surface area contributed by atoms with Crippen molar-refractivity contribution in [3.8, 4) is 0 Å². The molecule has 2 unspecified atom stereocenters. The fourth-order valence-corrected chi connectivity index (χ4v) is 3.11. The van der Waals surface area contributed by atoms with Gasteiger partial charge in [0.2, 0.25) is 0 Å². The van der Waals surface area contributed by atoms with Crippen LogP contribution in [0.4, 0.5) is 18.9 Å². The summed E-state index contributed by atoms with van der Waals surface area (Å²) in [4.78, 5) is 4.44. The van der Waals surface area contributed by atoms with Gasteiger partial charge in [-0.25, -0.2) is 4.99 Å². The molecule has 22 heavy (non-hydrogen) atoms. The summed E-state index contributed by atoms with van der Waals surface area (Å²) in [5, 5.41) is 5.92. The minimum Gasteiger partial charge on any atom is -0.351 e. The Hall–Kier alpha value is -1.14. The molecule has 0 radical (unpaired) electrons. The maximum Gasteiger partial charge on any atom is 0.418 e. The first-order valence-corrected chi connectivity index (χ1v) is 7.30. The number of benzene rings is 1. The van der Waals surface area contributed by atoms with E-state index in [0.717, 1.165) is 31.7 Å². The van der Waals surface area contributed by atoms with Gasteiger partial charge in [-0.1, -0.05) is 30.5 Å². The van der Waals surface area contributed by atoms with Gasteiger partial charge in [0.15, 0.2) is 5.96 Å². The highest BCUT2D eigenvalue weighted by molar-refractivity contribution is 6.34. The van der Waals surface area contributed by atoms with Crippen molar-refractivity contribution in [3.05, 3.63) is 28.8 Å². The number of aliphatic imine (C=N–C) groups is 1. The fraction of sp³-hybridized carbons (Fsp3) is 0.500. The van der Waals surface area contributed by atoms with Crippen LogP contribution in [0.3, 0.4) is 0 Å². The summed E-state index contributed by atoms with van der Waals surface area (Å²) in [7, 11) is 0. The maximum atomic E-state index is 13.0. The number of fused-ring (bicyclic) bond motifs is 1. The predicted octanol–water partition coefficient (Wildman–Crippen LogP) is 4.46. The molecule has 1 aliphatic carbocycles. The molecule has 1 aromatic carbocycles. The number of guanidine groups is 1. The van der Waals surface area contributed by atoms with E-state index in [2.05, 4.69) is 15.6 Å². The third-order valence-electron chi connectivity index (χ3n) is 3.91. The zero-order valence-electron chi connectivity index (χ0n) is 11.6. The van der Waals surface area contributed by atoms with E-state index in [0.29, 0.717) is 5.96 Å². The predicted molar refractivity (Wildman–Crippen MR) is 83.9 cm³/mol. The van der Waals surface area contributed by atoms with E-state index in [1.54, 1.807) is 0 Å². The highest BCUT2D eigenvalue weighted by atomic mass is 35.5. The second-order valence-electron chi connectivity index (χ2n) is 5.37. The summed E-state index contributed by atoms with van der Waals surface area (Å²) >= 11 is 5.92. The Morgan fingerprint density at radius 2 is 1.95 bits per heavy atom. The maximum absolute atomic E-state index is 13.0. The number of para-hydroxylation sites is 1. The lowest BCUT2D eigenvalue weighted by Gasteiger charge is -2.23. The van der Waals surface area contributed by atoms with Crippen LogP contribution in [-0.4, -0.2) is 18.0 Å². The number of anilines is 1. The SMILES string of the molecule is Cl.FC(F)(F)c1cccc(Cl)c1NC1=NC2CCCCC2N1. The van der Waals surface area contributed by atoms with Gasteiger partial charge >= 0.3 is 6.18 Å². The normalized spacial score (nSPS) is 23.9. The second kappa shape index (κ2) is 6.54. The summed E-state index contributed by atoms with van der Waals surface area (Å²) in [6, 6.07) is 4.11. The molecule has 1 aliphatic heterocycles. The van der Waals surface area contributed by atoms with Gasteiger partial charge in [0.05, 0.1) is 28.4 Å². The Morgan fingerprint density at radius 3 is 2.64 bits per heavy atom. The van der Waals surface area contributed by atoms with Gasteiger partial charge in [-0.05, 0) is 25.0 Å². The first-order valence-electron chi connectivity index (χ1n) is 6.92. The van der Waals surface area contributed by atoms with E-state index in [-0.39, 0.29) is 35.2 Å². The van der Waals surface area contributed by atoms with Crippen molar-refractivity contribution in [1.29, 1.82) is 0 Å². The average molecular weight is 354 g/mol. The van der Waals surface area contributed by atoms with Crippen molar-refractivity contribution in [3.63, 3.8) is 0 Å². The van der Waals surface area contributed by atoms with Gasteiger partial charge < -0.3 is 10.6 Å². The van der Waals surface area contributed by atoms with E-state index in [1.807, 2.05) is 0 Å². The number of hydrogen-bond acceptors (Lipinski definition) is 3. The van der Waals surface area contributed by atoms with Crippen LogP contribution in [0.25, 0.3) is 0 Å². The van der Waals surface area contributed by atoms with Crippen molar-refractivity contribution in [1.82, 2.24) is 5.32 Å². The summed E-state index contributed by atoms with van der Waals surface area (Å²) in [6.07, 6.45) is -0.263. The monoisotopic (exact) mass is 353 g/mol. The van der Waals surface area contributed by atoms with E-state index in [9.17, 15) is 13.2 Å². The van der Waals surface area contributed by atoms with Crippen molar-refractivity contribution in [2.75, 3.05) is 5.32 Å². The molecular weight excluding hydrogens is 338 g/mol. The highest BCUT2D eigenvalue weighted by Gasteiger charge is 2.36. The molecule has 3 nitrogen and oxygen atoms in total. The number of nitrogens with one attached hydrogen (secondary N) is 2. The molecule has 0 saturated heterocycles. The molecule has 2 aliphatic rings. The van der Waals surface area contributed by atoms with Gasteiger partial charge in [0.1, 0.15) is 0 Å². The van der Waals surface area contributed by atoms with Crippen LogP contribution >= 0.6 is 24.0 Å². The molecule has 3 rings (SSSR count). The molecule has 1 heterocycles. The molecule has 1 aromatic rings. The van der Waals surface area contributed by atoms with Crippen molar-refractivity contribution in [2.45, 2.75) is 43.9 Å². The highest BCUT2D eigenvalue weighted by Crippen LogP contribution is 2.38. The average Bonchev–Trinajstić information content (AvgIpc) is 2.82. The lowest BCUT2D eigenvalue weighted by atomic mass is 9.92. The van der Waals surface area contributed by atoms with Crippen LogP contribution in [0.1, 0.15) is 31.2 Å². The largest absolute Gasteiger partial charge is 0.418 e. The first-order chi connectivity index (χ1) is 9.95. The lowest BCUT2D eigenvalue weighted by Crippen LogP contribution is -2.39. The molecule has 2 atom stereocenters. The molecule has 122 valence electrons. The van der Waals surface area contributed by atoms with E-state index in [4.69, 9.17) is 11.6 Å². The van der Waals surface area contributed by atoms with Gasteiger partial charge in [-0.15, -0.1) is 12.4 Å². The van der Waals surface area contributed by atoms with Gasteiger partial charge in [-0.2, -0.15) is 13.2 Å². The first kappa shape index (κ1) is 17.2. The summed E-state index contributed by atoms with van der Waals surface area (Å²) in [6.45, 7) is 0. The zero-order chi connectivity index (χ0) is 15.0. The quantitative estimate of drug-likeness (QED) is 0.781.